The predicted octanol–water partition coefficient (Wildman–Crippen LogP) is 4.65. The minimum atomic E-state index is -0.445. The van der Waals surface area contributed by atoms with Crippen LogP contribution in [0.4, 0.5) is 5.69 Å². The van der Waals surface area contributed by atoms with Gasteiger partial charge in [-0.1, -0.05) is 23.2 Å². The Bertz CT molecular complexity index is 1110. The van der Waals surface area contributed by atoms with E-state index in [0.29, 0.717) is 27.2 Å². The number of anilines is 1. The van der Waals surface area contributed by atoms with Crippen LogP contribution >= 0.6 is 23.2 Å². The molecule has 2 fully saturated rings. The van der Waals surface area contributed by atoms with Gasteiger partial charge in [0.25, 0.3) is 5.91 Å². The fourth-order valence-electron chi connectivity index (χ4n) is 5.88. The van der Waals surface area contributed by atoms with Crippen molar-refractivity contribution in [1.82, 2.24) is 15.6 Å². The van der Waals surface area contributed by atoms with Gasteiger partial charge in [0.1, 0.15) is 0 Å². The number of halogens is 2. The van der Waals surface area contributed by atoms with Gasteiger partial charge in [-0.05, 0) is 94.3 Å². The van der Waals surface area contributed by atoms with Crippen molar-refractivity contribution >= 4 is 40.7 Å². The second kappa shape index (κ2) is 9.48. The van der Waals surface area contributed by atoms with Crippen LogP contribution in [0.15, 0.2) is 30.5 Å². The van der Waals surface area contributed by atoms with E-state index in [0.717, 1.165) is 69.4 Å². The van der Waals surface area contributed by atoms with E-state index in [-0.39, 0.29) is 17.9 Å². The summed E-state index contributed by atoms with van der Waals surface area (Å²) >= 11 is 12.4. The zero-order valence-corrected chi connectivity index (χ0v) is 20.9. The minimum absolute atomic E-state index is 0.121. The quantitative estimate of drug-likeness (QED) is 0.640. The zero-order valence-electron chi connectivity index (χ0n) is 19.4. The SMILES string of the molecule is Cc1ncc(Cl)cc1C(=O)NC1CCC(CN2C(=O)C3(CCNCC3)c3cc(Cl)ccc32)CC1. The molecular formula is C26H30Cl2N4O2. The summed E-state index contributed by atoms with van der Waals surface area (Å²) < 4.78 is 0. The van der Waals surface area contributed by atoms with E-state index in [1.807, 2.05) is 30.0 Å². The van der Waals surface area contributed by atoms with E-state index >= 15 is 0 Å². The first-order valence-corrected chi connectivity index (χ1v) is 12.9. The number of pyridine rings is 1. The second-order valence-corrected chi connectivity index (χ2v) is 10.8. The first-order valence-electron chi connectivity index (χ1n) is 12.1. The maximum absolute atomic E-state index is 13.7. The van der Waals surface area contributed by atoms with Crippen molar-refractivity contribution in [3.63, 3.8) is 0 Å². The van der Waals surface area contributed by atoms with Crippen molar-refractivity contribution in [1.29, 1.82) is 0 Å². The summed E-state index contributed by atoms with van der Waals surface area (Å²) in [6, 6.07) is 7.70. The number of amides is 2. The molecule has 1 saturated carbocycles. The van der Waals surface area contributed by atoms with Gasteiger partial charge in [0.05, 0.1) is 21.7 Å². The Hall–Kier alpha value is -2.15. The van der Waals surface area contributed by atoms with Gasteiger partial charge in [0, 0.05) is 29.5 Å². The highest BCUT2D eigenvalue weighted by molar-refractivity contribution is 6.31. The van der Waals surface area contributed by atoms with Crippen LogP contribution in [-0.4, -0.2) is 42.5 Å². The molecule has 0 radical (unpaired) electrons. The standard InChI is InChI=1S/C26H30Cl2N4O2/c1-16-21(12-19(28)14-30-16)24(33)31-20-5-2-17(3-6-20)15-32-23-7-4-18(27)13-22(23)26(25(32)34)8-10-29-11-9-26/h4,7,12-14,17,20,29H,2-3,5-6,8-11,15H2,1H3,(H,31,33). The number of piperidine rings is 1. The van der Waals surface area contributed by atoms with E-state index in [2.05, 4.69) is 15.6 Å². The van der Waals surface area contributed by atoms with Crippen LogP contribution in [0.2, 0.25) is 10.0 Å². The average molecular weight is 501 g/mol. The van der Waals surface area contributed by atoms with E-state index in [1.54, 1.807) is 12.3 Å². The topological polar surface area (TPSA) is 74.3 Å². The highest BCUT2D eigenvalue weighted by atomic mass is 35.5. The van der Waals surface area contributed by atoms with Crippen molar-refractivity contribution in [3.05, 3.63) is 57.3 Å². The number of carbonyl (C=O) groups is 2. The van der Waals surface area contributed by atoms with Crippen molar-refractivity contribution in [3.8, 4) is 0 Å². The van der Waals surface area contributed by atoms with Gasteiger partial charge in [0.15, 0.2) is 0 Å². The maximum atomic E-state index is 13.7. The van der Waals surface area contributed by atoms with Gasteiger partial charge in [-0.3, -0.25) is 14.6 Å². The zero-order chi connectivity index (χ0) is 23.9. The van der Waals surface area contributed by atoms with Crippen molar-refractivity contribution in [2.75, 3.05) is 24.5 Å². The van der Waals surface area contributed by atoms with Gasteiger partial charge in [0.2, 0.25) is 5.91 Å². The third-order valence-corrected chi connectivity index (χ3v) is 8.24. The van der Waals surface area contributed by atoms with E-state index in [1.165, 1.54) is 0 Å². The fourth-order valence-corrected chi connectivity index (χ4v) is 6.21. The van der Waals surface area contributed by atoms with E-state index in [4.69, 9.17) is 23.2 Å². The Morgan fingerprint density at radius 2 is 1.88 bits per heavy atom. The average Bonchev–Trinajstić information content (AvgIpc) is 3.04. The van der Waals surface area contributed by atoms with Crippen molar-refractivity contribution in [2.45, 2.75) is 56.9 Å². The van der Waals surface area contributed by atoms with Gasteiger partial charge < -0.3 is 15.5 Å². The van der Waals surface area contributed by atoms with Crippen molar-refractivity contribution in [2.24, 2.45) is 5.92 Å². The Labute approximate surface area is 210 Å². The number of hydrogen-bond donors (Lipinski definition) is 2. The molecule has 0 unspecified atom stereocenters. The van der Waals surface area contributed by atoms with Crippen molar-refractivity contribution < 1.29 is 9.59 Å². The predicted molar refractivity (Wildman–Crippen MR) is 135 cm³/mol. The number of aryl methyl sites for hydroxylation is 1. The number of nitrogens with zero attached hydrogens (tertiary/aromatic N) is 2. The van der Waals surface area contributed by atoms with E-state index in [9.17, 15) is 9.59 Å². The summed E-state index contributed by atoms with van der Waals surface area (Å²) in [5, 5.41) is 7.69. The highest BCUT2D eigenvalue weighted by Crippen LogP contribution is 2.48. The van der Waals surface area contributed by atoms with E-state index < -0.39 is 5.41 Å². The fraction of sp³-hybridized carbons (Fsp3) is 0.500. The monoisotopic (exact) mass is 500 g/mol. The summed E-state index contributed by atoms with van der Waals surface area (Å²) in [7, 11) is 0. The first kappa shape index (κ1) is 23.6. The molecule has 1 spiro atoms. The molecule has 0 atom stereocenters. The number of benzene rings is 1. The molecule has 6 nitrogen and oxygen atoms in total. The molecule has 180 valence electrons. The lowest BCUT2D eigenvalue weighted by molar-refractivity contribution is -0.124. The van der Waals surface area contributed by atoms with Crippen LogP contribution in [0, 0.1) is 12.8 Å². The molecule has 8 heteroatoms. The summed E-state index contributed by atoms with van der Waals surface area (Å²) in [6.45, 7) is 4.23. The van der Waals surface area contributed by atoms with Gasteiger partial charge in [-0.25, -0.2) is 0 Å². The van der Waals surface area contributed by atoms with Crippen LogP contribution in [0.3, 0.4) is 0 Å². The largest absolute Gasteiger partial charge is 0.349 e. The molecule has 2 aromatic rings. The summed E-state index contributed by atoms with van der Waals surface area (Å²) in [4.78, 5) is 32.7. The number of carbonyl (C=O) groups excluding carboxylic acids is 2. The lowest BCUT2D eigenvalue weighted by atomic mass is 9.74. The molecule has 2 N–H and O–H groups in total. The summed E-state index contributed by atoms with van der Waals surface area (Å²) in [5.41, 5.74) is 2.88. The van der Waals surface area contributed by atoms with Crippen LogP contribution in [-0.2, 0) is 10.2 Å². The number of aromatic nitrogens is 1. The molecule has 3 aliphatic rings. The number of hydrogen-bond acceptors (Lipinski definition) is 4. The maximum Gasteiger partial charge on any atom is 0.253 e. The molecule has 1 saturated heterocycles. The van der Waals surface area contributed by atoms with Crippen LogP contribution < -0.4 is 15.5 Å². The smallest absolute Gasteiger partial charge is 0.253 e. The number of fused-ring (bicyclic) bond motifs is 2. The molecule has 34 heavy (non-hydrogen) atoms. The number of nitrogens with one attached hydrogen (secondary N) is 2. The van der Waals surface area contributed by atoms with Crippen LogP contribution in [0.25, 0.3) is 0 Å². The van der Waals surface area contributed by atoms with Gasteiger partial charge in [-0.15, -0.1) is 0 Å². The summed E-state index contributed by atoms with van der Waals surface area (Å²) in [6.07, 6.45) is 6.91. The van der Waals surface area contributed by atoms with Gasteiger partial charge >= 0.3 is 0 Å². The van der Waals surface area contributed by atoms with Crippen LogP contribution in [0.1, 0.15) is 60.1 Å². The summed E-state index contributed by atoms with van der Waals surface area (Å²) in [5.74, 6) is 0.516. The first-order chi connectivity index (χ1) is 16.4. The molecular weight excluding hydrogens is 471 g/mol. The lowest BCUT2D eigenvalue weighted by Gasteiger charge is -2.35. The molecule has 0 bridgehead atoms. The number of rotatable bonds is 4. The Kier molecular flexibility index (Phi) is 6.58. The Morgan fingerprint density at radius 3 is 2.62 bits per heavy atom. The van der Waals surface area contributed by atoms with Gasteiger partial charge in [-0.2, -0.15) is 0 Å². The minimum Gasteiger partial charge on any atom is -0.349 e. The van der Waals surface area contributed by atoms with Crippen LogP contribution in [0.5, 0.6) is 0 Å². The normalized spacial score (nSPS) is 23.7. The highest BCUT2D eigenvalue weighted by Gasteiger charge is 2.51. The Balaban J connectivity index is 1.24. The third-order valence-electron chi connectivity index (χ3n) is 7.80. The molecule has 1 aliphatic carbocycles. The molecule has 2 aliphatic heterocycles. The molecule has 5 rings (SSSR count). The molecule has 3 heterocycles. The molecule has 1 aromatic carbocycles. The second-order valence-electron chi connectivity index (χ2n) is 9.89. The molecule has 1 aromatic heterocycles. The lowest BCUT2D eigenvalue weighted by Crippen LogP contribution is -2.48. The Morgan fingerprint density at radius 1 is 1.15 bits per heavy atom. The molecule has 2 amide bonds. The third kappa shape index (κ3) is 4.32.